The van der Waals surface area contributed by atoms with Crippen molar-refractivity contribution in [1.82, 2.24) is 8.61 Å². The monoisotopic (exact) mass is 567 g/mol. The lowest BCUT2D eigenvalue weighted by molar-refractivity contribution is -0.258. The van der Waals surface area contributed by atoms with Crippen molar-refractivity contribution in [3.05, 3.63) is 53.0 Å². The third-order valence-electron chi connectivity index (χ3n) is 6.37. The Kier molecular flexibility index (Phi) is 8.09. The van der Waals surface area contributed by atoms with Gasteiger partial charge in [-0.25, -0.2) is 21.1 Å². The maximum absolute atomic E-state index is 13.3. The van der Waals surface area contributed by atoms with Gasteiger partial charge in [-0.15, -0.1) is 0 Å². The number of allylic oxidation sites excluding steroid dienone is 4. The molecular weight excluding hydrogens is 539 g/mol. The van der Waals surface area contributed by atoms with Gasteiger partial charge in [-0.3, -0.25) is 0 Å². The molecule has 2 atom stereocenters. The molecule has 0 saturated carbocycles. The molecule has 1 N–H and O–H groups in total. The number of benzene rings is 1. The second-order valence-electron chi connectivity index (χ2n) is 8.96. The summed E-state index contributed by atoms with van der Waals surface area (Å²) in [5, 5.41) is 9.95. The molecule has 0 spiro atoms. The first-order chi connectivity index (χ1) is 16.5. The highest BCUT2D eigenvalue weighted by molar-refractivity contribution is 7.96. The van der Waals surface area contributed by atoms with Crippen LogP contribution in [-0.4, -0.2) is 87.1 Å². The molecule has 0 radical (unpaired) electrons. The lowest BCUT2D eigenvalue weighted by Gasteiger charge is -2.43. The molecule has 36 heavy (non-hydrogen) atoms. The van der Waals surface area contributed by atoms with Crippen molar-refractivity contribution in [1.29, 1.82) is 0 Å². The van der Waals surface area contributed by atoms with E-state index >= 15 is 0 Å². The normalized spacial score (nSPS) is 22.0. The summed E-state index contributed by atoms with van der Waals surface area (Å²) in [6.07, 6.45) is 1.29. The number of thiocarbonyl (C=S) groups is 1. The van der Waals surface area contributed by atoms with Crippen molar-refractivity contribution >= 4 is 42.8 Å². The Morgan fingerprint density at radius 1 is 1.14 bits per heavy atom. The Hall–Kier alpha value is -1.84. The van der Waals surface area contributed by atoms with E-state index in [-0.39, 0.29) is 41.5 Å². The van der Waals surface area contributed by atoms with E-state index in [0.29, 0.717) is 19.0 Å². The molecule has 1 aliphatic heterocycles. The molecule has 0 unspecified atom stereocenters. The van der Waals surface area contributed by atoms with Crippen LogP contribution in [0, 0.1) is 0 Å². The SMILES string of the molecule is CN(C[C@H]1CN(S(=O)(=O)C2=CC=CCC2=S)CCN1c1ccc([C@](C)(O)C(F)(F)F)cc1)S(C)(=O)=O. The van der Waals surface area contributed by atoms with Crippen LogP contribution in [0.25, 0.3) is 0 Å². The van der Waals surface area contributed by atoms with Crippen molar-refractivity contribution in [2.24, 2.45) is 0 Å². The Labute approximate surface area is 214 Å². The number of piperazine rings is 1. The first kappa shape index (κ1) is 28.7. The van der Waals surface area contributed by atoms with Gasteiger partial charge in [-0.05, 0) is 30.7 Å². The Morgan fingerprint density at radius 2 is 1.75 bits per heavy atom. The largest absolute Gasteiger partial charge is 0.421 e. The fourth-order valence-corrected chi connectivity index (χ4v) is 6.52. The Bertz CT molecular complexity index is 1270. The molecule has 2 aliphatic rings. The smallest absolute Gasteiger partial charge is 0.376 e. The van der Waals surface area contributed by atoms with E-state index in [0.717, 1.165) is 22.7 Å². The van der Waals surface area contributed by atoms with Gasteiger partial charge in [0.25, 0.3) is 0 Å². The van der Waals surface area contributed by atoms with Gasteiger partial charge in [0.2, 0.25) is 20.0 Å². The Morgan fingerprint density at radius 3 is 2.28 bits per heavy atom. The summed E-state index contributed by atoms with van der Waals surface area (Å²) in [5.41, 5.74) is -2.93. The summed E-state index contributed by atoms with van der Waals surface area (Å²) in [5.74, 6) is 0. The molecule has 1 aromatic carbocycles. The summed E-state index contributed by atoms with van der Waals surface area (Å²) in [4.78, 5) is 2.08. The van der Waals surface area contributed by atoms with Crippen LogP contribution in [0.3, 0.4) is 0 Å². The molecule has 200 valence electrons. The van der Waals surface area contributed by atoms with Crippen LogP contribution >= 0.6 is 12.2 Å². The molecule has 1 saturated heterocycles. The quantitative estimate of drug-likeness (QED) is 0.506. The van der Waals surface area contributed by atoms with Crippen LogP contribution in [0.5, 0.6) is 0 Å². The number of hydrogen-bond acceptors (Lipinski definition) is 7. The lowest BCUT2D eigenvalue weighted by Crippen LogP contribution is -2.58. The maximum Gasteiger partial charge on any atom is 0.421 e. The van der Waals surface area contributed by atoms with E-state index in [1.54, 1.807) is 17.1 Å². The van der Waals surface area contributed by atoms with Crippen LogP contribution in [0.2, 0.25) is 0 Å². The molecule has 1 aliphatic carbocycles. The Balaban J connectivity index is 1.93. The van der Waals surface area contributed by atoms with E-state index in [4.69, 9.17) is 12.2 Å². The number of hydrogen-bond donors (Lipinski definition) is 1. The van der Waals surface area contributed by atoms with Crippen LogP contribution < -0.4 is 4.90 Å². The summed E-state index contributed by atoms with van der Waals surface area (Å²) in [6.45, 7) is 0.763. The molecule has 0 aromatic heterocycles. The topological polar surface area (TPSA) is 98.2 Å². The average Bonchev–Trinajstić information content (AvgIpc) is 2.78. The van der Waals surface area contributed by atoms with Crippen LogP contribution in [0.1, 0.15) is 18.9 Å². The minimum atomic E-state index is -4.88. The van der Waals surface area contributed by atoms with E-state index in [9.17, 15) is 35.1 Å². The third-order valence-corrected chi connectivity index (χ3v) is 10.1. The molecule has 1 aromatic rings. The van der Waals surface area contributed by atoms with E-state index in [1.807, 2.05) is 0 Å². The third kappa shape index (κ3) is 5.83. The molecule has 1 heterocycles. The standard InChI is InChI=1S/C22H28F3N3O5S3/c1-21(29,22(23,24)25)16-8-10-17(11-9-16)28-13-12-27(15-18(28)14-26(2)35(3,30)31)36(32,33)20-7-5-4-6-19(20)34/h4-5,7-11,18,29H,6,12-15H2,1-3H3/t18-,21-/m0/s1. The van der Waals surface area contributed by atoms with Crippen molar-refractivity contribution in [2.75, 3.05) is 44.4 Å². The van der Waals surface area contributed by atoms with Crippen LogP contribution in [-0.2, 0) is 25.6 Å². The maximum atomic E-state index is 13.3. The summed E-state index contributed by atoms with van der Waals surface area (Å²) < 4.78 is 92.8. The predicted octanol–water partition coefficient (Wildman–Crippen LogP) is 2.38. The van der Waals surface area contributed by atoms with Gasteiger partial charge in [-0.2, -0.15) is 17.5 Å². The molecule has 1 fully saturated rings. The van der Waals surface area contributed by atoms with E-state index in [1.165, 1.54) is 29.6 Å². The summed E-state index contributed by atoms with van der Waals surface area (Å²) in [7, 11) is -6.16. The number of nitrogens with zero attached hydrogens (tertiary/aromatic N) is 3. The van der Waals surface area contributed by atoms with Gasteiger partial charge < -0.3 is 10.0 Å². The summed E-state index contributed by atoms with van der Waals surface area (Å²) in [6, 6.07) is 4.46. The van der Waals surface area contributed by atoms with E-state index in [2.05, 4.69) is 0 Å². The minimum absolute atomic E-state index is 0.0300. The fraction of sp³-hybridized carbons (Fsp3) is 0.500. The second kappa shape index (κ2) is 10.1. The number of alkyl halides is 3. The van der Waals surface area contributed by atoms with Crippen molar-refractivity contribution in [2.45, 2.75) is 31.2 Å². The van der Waals surface area contributed by atoms with Crippen molar-refractivity contribution in [3.8, 4) is 0 Å². The first-order valence-corrected chi connectivity index (χ1v) is 14.6. The highest BCUT2D eigenvalue weighted by Crippen LogP contribution is 2.39. The zero-order chi connectivity index (χ0) is 27.1. The van der Waals surface area contributed by atoms with Gasteiger partial charge in [0.1, 0.15) is 0 Å². The van der Waals surface area contributed by atoms with E-state index < -0.39 is 37.9 Å². The van der Waals surface area contributed by atoms with Gasteiger partial charge >= 0.3 is 6.18 Å². The highest BCUT2D eigenvalue weighted by atomic mass is 32.2. The highest BCUT2D eigenvalue weighted by Gasteiger charge is 2.51. The second-order valence-corrected chi connectivity index (χ2v) is 13.4. The zero-order valence-electron chi connectivity index (χ0n) is 19.9. The van der Waals surface area contributed by atoms with Crippen molar-refractivity contribution in [3.63, 3.8) is 0 Å². The van der Waals surface area contributed by atoms with Gasteiger partial charge in [0.15, 0.2) is 5.60 Å². The van der Waals surface area contributed by atoms with Gasteiger partial charge in [-0.1, -0.05) is 36.5 Å². The minimum Gasteiger partial charge on any atom is -0.376 e. The van der Waals surface area contributed by atoms with Crippen LogP contribution in [0.4, 0.5) is 18.9 Å². The fourth-order valence-electron chi connectivity index (χ4n) is 4.01. The lowest BCUT2D eigenvalue weighted by atomic mass is 9.95. The van der Waals surface area contributed by atoms with Crippen molar-refractivity contribution < 1.29 is 35.1 Å². The zero-order valence-corrected chi connectivity index (χ0v) is 22.4. The molecule has 3 rings (SSSR count). The predicted molar refractivity (Wildman–Crippen MR) is 136 cm³/mol. The number of sulfonamides is 2. The molecule has 8 nitrogen and oxygen atoms in total. The van der Waals surface area contributed by atoms with Crippen LogP contribution in [0.15, 0.2) is 47.4 Å². The van der Waals surface area contributed by atoms with Gasteiger partial charge in [0, 0.05) is 50.2 Å². The number of halogens is 3. The van der Waals surface area contributed by atoms with Gasteiger partial charge in [0.05, 0.1) is 17.2 Å². The average molecular weight is 568 g/mol. The first-order valence-electron chi connectivity index (χ1n) is 10.9. The summed E-state index contributed by atoms with van der Waals surface area (Å²) >= 11 is 5.24. The molecule has 0 amide bonds. The molecular formula is C22H28F3N3O5S3. The number of rotatable bonds is 7. The number of likely N-dealkylation sites (N-methyl/N-ethyl adjacent to an activating group) is 1. The number of aliphatic hydroxyl groups is 1. The molecule has 0 bridgehead atoms. The number of anilines is 1. The molecule has 14 heteroatoms.